The molecule has 5 amide bonds. The summed E-state index contributed by atoms with van der Waals surface area (Å²) in [5.41, 5.74) is -0.426. The van der Waals surface area contributed by atoms with Gasteiger partial charge in [0.05, 0.1) is 12.6 Å². The number of nitrogens with one attached hydrogen (secondary N) is 4. The molecule has 13 nitrogen and oxygen atoms in total. The maximum absolute atomic E-state index is 14.8. The quantitative estimate of drug-likeness (QED) is 0.138. The first-order valence-corrected chi connectivity index (χ1v) is 19.6. The van der Waals surface area contributed by atoms with E-state index < -0.39 is 128 Å². The average Bonchev–Trinajstić information content (AvgIpc) is 3.63. The van der Waals surface area contributed by atoms with Crippen LogP contribution in [0.25, 0.3) is 0 Å². The van der Waals surface area contributed by atoms with Crippen LogP contribution < -0.4 is 21.3 Å². The van der Waals surface area contributed by atoms with Crippen molar-refractivity contribution in [1.82, 2.24) is 26.2 Å². The lowest BCUT2D eigenvalue weighted by atomic mass is 9.83. The van der Waals surface area contributed by atoms with Gasteiger partial charge in [-0.3, -0.25) is 28.8 Å². The van der Waals surface area contributed by atoms with E-state index in [2.05, 4.69) is 21.3 Å². The predicted molar refractivity (Wildman–Crippen MR) is 199 cm³/mol. The maximum atomic E-state index is 14.8. The average molecular weight is 810 g/mol. The van der Waals surface area contributed by atoms with Crippen molar-refractivity contribution in [3.8, 4) is 0 Å². The van der Waals surface area contributed by atoms with Crippen LogP contribution in [0.3, 0.4) is 0 Å². The van der Waals surface area contributed by atoms with Crippen LogP contribution in [0.4, 0.5) is 22.4 Å². The number of hydrogen-bond donors (Lipinski definition) is 4. The fraction of sp³-hybridized carbons (Fsp3) is 0.675. The summed E-state index contributed by atoms with van der Waals surface area (Å²) in [6.45, 7) is 7.18. The molecule has 1 aromatic carbocycles. The van der Waals surface area contributed by atoms with Gasteiger partial charge in [-0.1, -0.05) is 63.4 Å². The molecule has 2 saturated carbocycles. The molecule has 1 heterocycles. The summed E-state index contributed by atoms with van der Waals surface area (Å²) in [6, 6.07) is 2.64. The number of nitrogens with zero attached hydrogens (tertiary/aromatic N) is 1. The van der Waals surface area contributed by atoms with Crippen molar-refractivity contribution in [2.24, 2.45) is 23.7 Å². The van der Waals surface area contributed by atoms with Crippen LogP contribution in [0, 0.1) is 23.7 Å². The zero-order valence-electron chi connectivity index (χ0n) is 33.1. The molecule has 3 aliphatic rings. The minimum atomic E-state index is -3.16. The van der Waals surface area contributed by atoms with Crippen molar-refractivity contribution >= 4 is 41.3 Å². The molecule has 3 fully saturated rings. The number of fused-ring (bicyclic) bond motifs is 1. The number of carbonyl (C=O) groups is 7. The molecular formula is C40H55F4N5O8. The number of halogens is 4. The predicted octanol–water partition coefficient (Wildman–Crippen LogP) is 4.63. The van der Waals surface area contributed by atoms with Gasteiger partial charge in [0.25, 0.3) is 5.91 Å². The van der Waals surface area contributed by atoms with E-state index >= 15 is 0 Å². The Balaban J connectivity index is 1.53. The number of alkyl halides is 4. The van der Waals surface area contributed by atoms with Crippen molar-refractivity contribution < 1.29 is 55.9 Å². The molecule has 0 spiro atoms. The van der Waals surface area contributed by atoms with Crippen LogP contribution in [0.2, 0.25) is 0 Å². The van der Waals surface area contributed by atoms with Crippen molar-refractivity contribution in [2.45, 2.75) is 135 Å². The van der Waals surface area contributed by atoms with Crippen LogP contribution in [0.1, 0.15) is 104 Å². The van der Waals surface area contributed by atoms with Crippen LogP contribution in [-0.2, 0) is 33.5 Å². The monoisotopic (exact) mass is 809 g/mol. The van der Waals surface area contributed by atoms with E-state index in [1.54, 1.807) is 65.0 Å². The minimum absolute atomic E-state index is 0.259. The van der Waals surface area contributed by atoms with Crippen LogP contribution in [0.5, 0.6) is 0 Å². The lowest BCUT2D eigenvalue weighted by molar-refractivity contribution is -0.145. The van der Waals surface area contributed by atoms with Gasteiger partial charge in [0.2, 0.25) is 35.9 Å². The lowest BCUT2D eigenvalue weighted by Gasteiger charge is -2.36. The molecule has 316 valence electrons. The largest absolute Gasteiger partial charge is 0.444 e. The normalized spacial score (nSPS) is 22.2. The van der Waals surface area contributed by atoms with Crippen molar-refractivity contribution in [3.63, 3.8) is 0 Å². The molecule has 0 aromatic heterocycles. The molecule has 1 unspecified atom stereocenters. The fourth-order valence-electron chi connectivity index (χ4n) is 8.06. The molecular weight excluding hydrogens is 754 g/mol. The maximum Gasteiger partial charge on any atom is 0.408 e. The van der Waals surface area contributed by atoms with Gasteiger partial charge >= 0.3 is 6.09 Å². The molecule has 57 heavy (non-hydrogen) atoms. The Kier molecular flexibility index (Phi) is 15.2. The van der Waals surface area contributed by atoms with Gasteiger partial charge in [-0.05, 0) is 63.4 Å². The third-order valence-corrected chi connectivity index (χ3v) is 10.7. The zero-order valence-corrected chi connectivity index (χ0v) is 33.1. The smallest absolute Gasteiger partial charge is 0.408 e. The summed E-state index contributed by atoms with van der Waals surface area (Å²) in [7, 11) is 0. The second-order valence-electron chi connectivity index (χ2n) is 16.7. The summed E-state index contributed by atoms with van der Waals surface area (Å²) >= 11 is 0. The summed E-state index contributed by atoms with van der Waals surface area (Å²) in [6.07, 6.45) is -3.27. The third-order valence-electron chi connectivity index (χ3n) is 10.7. The number of benzene rings is 1. The Morgan fingerprint density at radius 3 is 2.14 bits per heavy atom. The standard InChI is InChI=1S/C40H55F4N5O8/c1-22(2)33(51)30(23-12-8-6-9-13-23)47-29(50)20-45-36(54)34(52)27(16-17-28(41)42)46-35(53)32-26-19-40(43,44)18-25(26)21-49(32)37(55)31(24-14-10-7-11-15-24)48-38(56)57-39(3,4)5/h6,8-9,12-13,22,24-28,30-32H,7,10-11,14-21H2,1-5H3,(H,45,54)(H,46,53)(H,47,50)(H,48,56)/t25-,26-,27?,30-,31-,32-/m0/s1. The van der Waals surface area contributed by atoms with E-state index in [1.807, 2.05) is 0 Å². The third kappa shape index (κ3) is 12.5. The topological polar surface area (TPSA) is 180 Å². The van der Waals surface area contributed by atoms with Gasteiger partial charge in [-0.2, -0.15) is 0 Å². The van der Waals surface area contributed by atoms with Gasteiger partial charge in [-0.15, -0.1) is 0 Å². The number of carbonyl (C=O) groups excluding carboxylic acids is 7. The van der Waals surface area contributed by atoms with E-state index in [-0.39, 0.29) is 18.2 Å². The summed E-state index contributed by atoms with van der Waals surface area (Å²) in [5.74, 6) is -11.6. The summed E-state index contributed by atoms with van der Waals surface area (Å²) < 4.78 is 61.9. The first-order chi connectivity index (χ1) is 26.7. The Morgan fingerprint density at radius 1 is 0.895 bits per heavy atom. The molecule has 6 atom stereocenters. The van der Waals surface area contributed by atoms with Gasteiger partial charge < -0.3 is 30.9 Å². The van der Waals surface area contributed by atoms with Crippen LogP contribution in [-0.4, -0.2) is 95.4 Å². The Morgan fingerprint density at radius 2 is 1.54 bits per heavy atom. The highest BCUT2D eigenvalue weighted by molar-refractivity contribution is 6.38. The Labute approximate surface area is 330 Å². The SMILES string of the molecule is CC(C)C(=O)[C@@H](NC(=O)CNC(=O)C(=O)C(CCC(F)F)NC(=O)[C@@H]1[C@H]2CC(F)(F)C[C@H]2CN1C(=O)[C@@H](NC(=O)OC(C)(C)C)C1CCCCC1)c1ccccc1. The second kappa shape index (κ2) is 19.2. The molecule has 1 aliphatic heterocycles. The highest BCUT2D eigenvalue weighted by Gasteiger charge is 2.59. The fourth-order valence-corrected chi connectivity index (χ4v) is 8.06. The highest BCUT2D eigenvalue weighted by Crippen LogP contribution is 2.50. The molecule has 2 aliphatic carbocycles. The van der Waals surface area contributed by atoms with Crippen molar-refractivity contribution in [1.29, 1.82) is 0 Å². The molecule has 4 N–H and O–H groups in total. The number of likely N-dealkylation sites (tertiary alicyclic amines) is 1. The number of hydrogen-bond acceptors (Lipinski definition) is 8. The number of ether oxygens (including phenoxy) is 1. The Hall–Kier alpha value is -4.57. The van der Waals surface area contributed by atoms with Crippen molar-refractivity contribution in [2.75, 3.05) is 13.1 Å². The van der Waals surface area contributed by atoms with Crippen LogP contribution in [0.15, 0.2) is 30.3 Å². The number of rotatable bonds is 16. The highest BCUT2D eigenvalue weighted by atomic mass is 19.3. The zero-order chi connectivity index (χ0) is 42.2. The van der Waals surface area contributed by atoms with Crippen molar-refractivity contribution in [3.05, 3.63) is 35.9 Å². The Bertz CT molecular complexity index is 1630. The first kappa shape index (κ1) is 45.1. The first-order valence-electron chi connectivity index (χ1n) is 19.6. The lowest BCUT2D eigenvalue weighted by Crippen LogP contribution is -2.59. The van der Waals surface area contributed by atoms with Gasteiger partial charge in [0.1, 0.15) is 23.7 Å². The van der Waals surface area contributed by atoms with Gasteiger partial charge in [0, 0.05) is 31.7 Å². The number of ketones is 2. The number of Topliss-reactive ketones (excluding diaryl/α,β-unsaturated/α-hetero) is 2. The number of alkyl carbamates (subject to hydrolysis) is 1. The molecule has 1 aromatic rings. The van der Waals surface area contributed by atoms with E-state index in [0.29, 0.717) is 18.4 Å². The van der Waals surface area contributed by atoms with Gasteiger partial charge in [-0.25, -0.2) is 22.4 Å². The summed E-state index contributed by atoms with van der Waals surface area (Å²) in [4.78, 5) is 94.9. The molecule has 1 saturated heterocycles. The van der Waals surface area contributed by atoms with E-state index in [0.717, 1.165) is 24.2 Å². The van der Waals surface area contributed by atoms with E-state index in [4.69, 9.17) is 4.74 Å². The molecule has 17 heteroatoms. The minimum Gasteiger partial charge on any atom is -0.444 e. The molecule has 4 rings (SSSR count). The summed E-state index contributed by atoms with van der Waals surface area (Å²) in [5, 5.41) is 9.59. The molecule has 0 bridgehead atoms. The van der Waals surface area contributed by atoms with Gasteiger partial charge in [0.15, 0.2) is 5.78 Å². The number of amides is 5. The second-order valence-corrected chi connectivity index (χ2v) is 16.7. The van der Waals surface area contributed by atoms with Crippen LogP contribution >= 0.6 is 0 Å². The molecule has 0 radical (unpaired) electrons. The van der Waals surface area contributed by atoms with E-state index in [1.165, 1.54) is 0 Å². The van der Waals surface area contributed by atoms with E-state index in [9.17, 15) is 51.1 Å².